The molecule has 0 saturated carbocycles. The largest absolute Gasteiger partial charge is 0.468 e. The molecule has 1 aromatic heterocycles. The molecule has 0 aliphatic heterocycles. The number of amides is 1. The van der Waals surface area contributed by atoms with Crippen LogP contribution in [0.15, 0.2) is 53.1 Å². The van der Waals surface area contributed by atoms with Crippen LogP contribution in [-0.4, -0.2) is 38.0 Å². The zero-order chi connectivity index (χ0) is 17.4. The Kier molecular flexibility index (Phi) is 6.57. The maximum Gasteiger partial charge on any atom is 0.220 e. The van der Waals surface area contributed by atoms with Crippen LogP contribution in [0.1, 0.15) is 17.7 Å². The number of benzene rings is 1. The summed E-state index contributed by atoms with van der Waals surface area (Å²) in [6.07, 6.45) is 3.68. The molecule has 0 radical (unpaired) electrons. The van der Waals surface area contributed by atoms with Crippen LogP contribution in [0.5, 0.6) is 0 Å². The Morgan fingerprint density at radius 1 is 1.17 bits per heavy atom. The topological polar surface area (TPSA) is 79.6 Å². The molecule has 24 heavy (non-hydrogen) atoms. The lowest BCUT2D eigenvalue weighted by Crippen LogP contribution is -2.37. The van der Waals surface area contributed by atoms with Crippen molar-refractivity contribution >= 4 is 15.9 Å². The van der Waals surface area contributed by atoms with Gasteiger partial charge in [0.05, 0.1) is 19.1 Å². The lowest BCUT2D eigenvalue weighted by molar-refractivity contribution is -0.121. The summed E-state index contributed by atoms with van der Waals surface area (Å²) in [7, 11) is -3.37. The highest BCUT2D eigenvalue weighted by Gasteiger charge is 2.18. The summed E-state index contributed by atoms with van der Waals surface area (Å²) in [5.74, 6) is 0.473. The first kappa shape index (κ1) is 18.2. The van der Waals surface area contributed by atoms with Crippen molar-refractivity contribution in [2.24, 2.45) is 0 Å². The molecule has 1 amide bonds. The fourth-order valence-corrected chi connectivity index (χ4v) is 3.03. The third-order valence-corrected chi connectivity index (χ3v) is 4.80. The Bertz CT molecular complexity index is 727. The third-order valence-electron chi connectivity index (χ3n) is 3.55. The molecule has 0 fully saturated rings. The van der Waals surface area contributed by atoms with Gasteiger partial charge in [0.1, 0.15) is 5.76 Å². The molecule has 0 saturated heterocycles. The number of nitrogens with one attached hydrogen (secondary N) is 1. The van der Waals surface area contributed by atoms with Gasteiger partial charge < -0.3 is 9.73 Å². The highest BCUT2D eigenvalue weighted by molar-refractivity contribution is 7.88. The van der Waals surface area contributed by atoms with Crippen molar-refractivity contribution in [1.29, 1.82) is 0 Å². The summed E-state index contributed by atoms with van der Waals surface area (Å²) < 4.78 is 30.1. The normalized spacial score (nSPS) is 11.6. The third kappa shape index (κ3) is 6.17. The monoisotopic (exact) mass is 350 g/mol. The Hall–Kier alpha value is -2.12. The first-order chi connectivity index (χ1) is 11.4. The summed E-state index contributed by atoms with van der Waals surface area (Å²) in [6.45, 7) is 0.629. The highest BCUT2D eigenvalue weighted by Crippen LogP contribution is 2.08. The van der Waals surface area contributed by atoms with Crippen LogP contribution in [0.2, 0.25) is 0 Å². The van der Waals surface area contributed by atoms with Gasteiger partial charge in [0.2, 0.25) is 15.9 Å². The van der Waals surface area contributed by atoms with E-state index in [1.54, 1.807) is 12.1 Å². The number of furan rings is 1. The van der Waals surface area contributed by atoms with Crippen molar-refractivity contribution in [3.63, 3.8) is 0 Å². The molecular formula is C17H22N2O4S. The molecule has 1 heterocycles. The quantitative estimate of drug-likeness (QED) is 0.748. The van der Waals surface area contributed by atoms with Gasteiger partial charge in [-0.25, -0.2) is 8.42 Å². The summed E-state index contributed by atoms with van der Waals surface area (Å²) in [5, 5.41) is 2.76. The zero-order valence-corrected chi connectivity index (χ0v) is 14.5. The Morgan fingerprint density at radius 3 is 2.54 bits per heavy atom. The van der Waals surface area contributed by atoms with E-state index in [1.807, 2.05) is 30.3 Å². The van der Waals surface area contributed by atoms with Crippen molar-refractivity contribution in [2.45, 2.75) is 19.4 Å². The molecule has 6 nitrogen and oxygen atoms in total. The first-order valence-corrected chi connectivity index (χ1v) is 9.58. The molecule has 0 spiro atoms. The summed E-state index contributed by atoms with van der Waals surface area (Å²) in [5.41, 5.74) is 1.10. The number of sulfonamides is 1. The van der Waals surface area contributed by atoms with E-state index < -0.39 is 10.0 Å². The van der Waals surface area contributed by atoms with Gasteiger partial charge in [0.25, 0.3) is 0 Å². The first-order valence-electron chi connectivity index (χ1n) is 7.73. The Labute approximate surface area is 142 Å². The van der Waals surface area contributed by atoms with Gasteiger partial charge in [-0.1, -0.05) is 30.3 Å². The molecule has 1 aromatic carbocycles. The van der Waals surface area contributed by atoms with Crippen molar-refractivity contribution in [1.82, 2.24) is 9.62 Å². The van der Waals surface area contributed by atoms with Crippen LogP contribution < -0.4 is 5.32 Å². The van der Waals surface area contributed by atoms with Crippen LogP contribution in [0.4, 0.5) is 0 Å². The average molecular weight is 350 g/mol. The molecule has 1 N–H and O–H groups in total. The molecule has 130 valence electrons. The number of carbonyl (C=O) groups is 1. The molecule has 0 unspecified atom stereocenters. The van der Waals surface area contributed by atoms with Gasteiger partial charge in [-0.05, 0) is 24.1 Å². The van der Waals surface area contributed by atoms with Crippen molar-refractivity contribution < 1.29 is 17.6 Å². The predicted octanol–water partition coefficient (Wildman–Crippen LogP) is 1.79. The molecule has 2 rings (SSSR count). The van der Waals surface area contributed by atoms with E-state index in [4.69, 9.17) is 4.42 Å². The van der Waals surface area contributed by atoms with E-state index in [0.717, 1.165) is 11.8 Å². The maximum absolute atomic E-state index is 11.9. The van der Waals surface area contributed by atoms with Gasteiger partial charge in [-0.2, -0.15) is 4.31 Å². The molecular weight excluding hydrogens is 328 g/mol. The summed E-state index contributed by atoms with van der Waals surface area (Å²) >= 11 is 0. The van der Waals surface area contributed by atoms with E-state index in [-0.39, 0.29) is 25.5 Å². The number of hydrogen-bond acceptors (Lipinski definition) is 4. The smallest absolute Gasteiger partial charge is 0.220 e. The summed E-state index contributed by atoms with van der Waals surface area (Å²) in [4.78, 5) is 11.9. The number of carbonyl (C=O) groups excluding carboxylic acids is 1. The van der Waals surface area contributed by atoms with Gasteiger partial charge in [-0.3, -0.25) is 4.79 Å². The van der Waals surface area contributed by atoms with Crippen molar-refractivity contribution in [3.8, 4) is 0 Å². The fourth-order valence-electron chi connectivity index (χ4n) is 2.25. The standard InChI is InChI=1S/C17H22N2O4S/c1-24(21,22)19(14-16-8-5-13-23-16)12-11-18-17(20)10-9-15-6-3-2-4-7-15/h2-8,13H,9-12,14H2,1H3,(H,18,20). The van der Waals surface area contributed by atoms with Crippen molar-refractivity contribution in [3.05, 3.63) is 60.1 Å². The second-order valence-electron chi connectivity index (χ2n) is 5.51. The minimum Gasteiger partial charge on any atom is -0.468 e. The molecule has 0 aliphatic carbocycles. The molecule has 0 aliphatic rings. The lowest BCUT2D eigenvalue weighted by atomic mass is 10.1. The Balaban J connectivity index is 1.76. The Morgan fingerprint density at radius 2 is 1.92 bits per heavy atom. The van der Waals surface area contributed by atoms with Crippen LogP contribution in [0.25, 0.3) is 0 Å². The van der Waals surface area contributed by atoms with Crippen LogP contribution in [-0.2, 0) is 27.8 Å². The van der Waals surface area contributed by atoms with Crippen molar-refractivity contribution in [2.75, 3.05) is 19.3 Å². The van der Waals surface area contributed by atoms with E-state index >= 15 is 0 Å². The maximum atomic E-state index is 11.9. The van der Waals surface area contributed by atoms with Crippen LogP contribution in [0, 0.1) is 0 Å². The lowest BCUT2D eigenvalue weighted by Gasteiger charge is -2.19. The molecule has 0 atom stereocenters. The van der Waals surface area contributed by atoms with Gasteiger partial charge in [0, 0.05) is 19.5 Å². The minimum atomic E-state index is -3.37. The number of hydrogen-bond donors (Lipinski definition) is 1. The van der Waals surface area contributed by atoms with E-state index in [0.29, 0.717) is 18.6 Å². The fraction of sp³-hybridized carbons (Fsp3) is 0.353. The number of nitrogens with zero attached hydrogens (tertiary/aromatic N) is 1. The number of aryl methyl sites for hydroxylation is 1. The summed E-state index contributed by atoms with van der Waals surface area (Å²) in [6, 6.07) is 13.2. The van der Waals surface area contributed by atoms with Gasteiger partial charge in [0.15, 0.2) is 0 Å². The van der Waals surface area contributed by atoms with Crippen LogP contribution in [0.3, 0.4) is 0 Å². The second kappa shape index (κ2) is 8.65. The minimum absolute atomic E-state index is 0.0923. The second-order valence-corrected chi connectivity index (χ2v) is 7.49. The number of rotatable bonds is 9. The van der Waals surface area contributed by atoms with Gasteiger partial charge >= 0.3 is 0 Å². The average Bonchev–Trinajstić information content (AvgIpc) is 3.05. The van der Waals surface area contributed by atoms with E-state index in [1.165, 1.54) is 10.6 Å². The molecule has 7 heteroatoms. The van der Waals surface area contributed by atoms with Gasteiger partial charge in [-0.15, -0.1) is 0 Å². The van der Waals surface area contributed by atoms with E-state index in [2.05, 4.69) is 5.32 Å². The molecule has 2 aromatic rings. The van der Waals surface area contributed by atoms with Crippen LogP contribution >= 0.6 is 0 Å². The molecule has 0 bridgehead atoms. The SMILES string of the molecule is CS(=O)(=O)N(CCNC(=O)CCc1ccccc1)Cc1ccco1. The zero-order valence-electron chi connectivity index (χ0n) is 13.6. The predicted molar refractivity (Wildman–Crippen MR) is 91.7 cm³/mol. The highest BCUT2D eigenvalue weighted by atomic mass is 32.2. The van der Waals surface area contributed by atoms with E-state index in [9.17, 15) is 13.2 Å².